The summed E-state index contributed by atoms with van der Waals surface area (Å²) >= 11 is 1.76. The van der Waals surface area contributed by atoms with Crippen LogP contribution < -0.4 is 14.2 Å². The summed E-state index contributed by atoms with van der Waals surface area (Å²) in [5, 5.41) is -0.0881. The van der Waals surface area contributed by atoms with Crippen LogP contribution in [0.25, 0.3) is 0 Å². The van der Waals surface area contributed by atoms with E-state index in [4.69, 9.17) is 14.2 Å². The van der Waals surface area contributed by atoms with Gasteiger partial charge in [0.25, 0.3) is 5.91 Å². The Hall–Kier alpha value is -3.12. The van der Waals surface area contributed by atoms with Gasteiger partial charge in [0.15, 0.2) is 11.5 Å². The Kier molecular flexibility index (Phi) is 5.24. The standard InChI is InChI=1S/C24H21NO4S/c26-23(18-10-11-21-22(14-18)29-16-28-21)25-12-13-30-24(25)19-8-4-5-9-20(19)27-15-17-6-2-1-3-7-17/h1-11,14,24H,12-13,15-16H2. The van der Waals surface area contributed by atoms with Gasteiger partial charge in [0.2, 0.25) is 6.79 Å². The summed E-state index contributed by atoms with van der Waals surface area (Å²) in [5.74, 6) is 2.98. The number of fused-ring (bicyclic) bond motifs is 1. The fourth-order valence-corrected chi connectivity index (χ4v) is 4.96. The lowest BCUT2D eigenvalue weighted by atomic mass is 10.1. The Balaban J connectivity index is 1.38. The first kappa shape index (κ1) is 18.9. The van der Waals surface area contributed by atoms with Gasteiger partial charge in [0.05, 0.1) is 0 Å². The fraction of sp³-hybridized carbons (Fsp3) is 0.208. The number of rotatable bonds is 5. The first-order chi connectivity index (χ1) is 14.8. The van der Waals surface area contributed by atoms with E-state index in [-0.39, 0.29) is 18.1 Å². The Morgan fingerprint density at radius 3 is 2.70 bits per heavy atom. The van der Waals surface area contributed by atoms with Gasteiger partial charge >= 0.3 is 0 Å². The molecule has 3 aromatic carbocycles. The molecule has 0 saturated carbocycles. The van der Waals surface area contributed by atoms with E-state index in [1.807, 2.05) is 59.5 Å². The molecule has 1 atom stereocenters. The highest BCUT2D eigenvalue weighted by atomic mass is 32.2. The van der Waals surface area contributed by atoms with Crippen LogP contribution in [0.1, 0.15) is 26.9 Å². The van der Waals surface area contributed by atoms with Gasteiger partial charge in [-0.25, -0.2) is 0 Å². The molecule has 0 radical (unpaired) electrons. The van der Waals surface area contributed by atoms with E-state index in [0.717, 1.165) is 22.6 Å². The molecule has 1 fully saturated rings. The molecule has 3 aromatic rings. The maximum Gasteiger partial charge on any atom is 0.255 e. The molecule has 5 rings (SSSR count). The third-order valence-corrected chi connectivity index (χ3v) is 6.44. The molecule has 1 saturated heterocycles. The number of ether oxygens (including phenoxy) is 3. The number of hydrogen-bond acceptors (Lipinski definition) is 5. The van der Waals surface area contributed by atoms with Crippen LogP contribution in [-0.4, -0.2) is 29.9 Å². The van der Waals surface area contributed by atoms with E-state index >= 15 is 0 Å². The number of benzene rings is 3. The maximum absolute atomic E-state index is 13.3. The van der Waals surface area contributed by atoms with E-state index < -0.39 is 0 Å². The summed E-state index contributed by atoms with van der Waals surface area (Å²) in [6, 6.07) is 23.4. The highest BCUT2D eigenvalue weighted by Crippen LogP contribution is 2.43. The summed E-state index contributed by atoms with van der Waals surface area (Å²) < 4.78 is 16.9. The van der Waals surface area contributed by atoms with Crippen LogP contribution in [0.5, 0.6) is 17.2 Å². The molecule has 30 heavy (non-hydrogen) atoms. The summed E-state index contributed by atoms with van der Waals surface area (Å²) in [5.41, 5.74) is 2.74. The van der Waals surface area contributed by atoms with Crippen molar-refractivity contribution in [3.8, 4) is 17.2 Å². The van der Waals surface area contributed by atoms with Crippen molar-refractivity contribution in [1.29, 1.82) is 0 Å². The fourth-order valence-electron chi connectivity index (χ4n) is 3.68. The average molecular weight is 420 g/mol. The average Bonchev–Trinajstić information content (AvgIpc) is 3.47. The van der Waals surface area contributed by atoms with E-state index in [1.54, 1.807) is 30.0 Å². The van der Waals surface area contributed by atoms with Crippen LogP contribution in [0.3, 0.4) is 0 Å². The van der Waals surface area contributed by atoms with Crippen molar-refractivity contribution < 1.29 is 19.0 Å². The van der Waals surface area contributed by atoms with Crippen molar-refractivity contribution in [2.75, 3.05) is 19.1 Å². The van der Waals surface area contributed by atoms with Crippen molar-refractivity contribution in [2.45, 2.75) is 12.0 Å². The number of carbonyl (C=O) groups is 1. The minimum Gasteiger partial charge on any atom is -0.489 e. The maximum atomic E-state index is 13.3. The molecule has 5 nitrogen and oxygen atoms in total. The molecule has 1 unspecified atom stereocenters. The lowest BCUT2D eigenvalue weighted by Crippen LogP contribution is -2.30. The van der Waals surface area contributed by atoms with Crippen molar-refractivity contribution >= 4 is 17.7 Å². The molecule has 0 aliphatic carbocycles. The number of thioether (sulfide) groups is 1. The van der Waals surface area contributed by atoms with Crippen LogP contribution in [-0.2, 0) is 6.61 Å². The molecule has 2 heterocycles. The molecule has 0 bridgehead atoms. The molecule has 0 aromatic heterocycles. The van der Waals surface area contributed by atoms with Gasteiger partial charge in [-0.15, -0.1) is 11.8 Å². The molecule has 2 aliphatic rings. The van der Waals surface area contributed by atoms with E-state index in [1.165, 1.54) is 0 Å². The monoisotopic (exact) mass is 419 g/mol. The van der Waals surface area contributed by atoms with E-state index in [2.05, 4.69) is 0 Å². The van der Waals surface area contributed by atoms with Crippen molar-refractivity contribution in [1.82, 2.24) is 4.90 Å². The molecule has 152 valence electrons. The predicted octanol–water partition coefficient (Wildman–Crippen LogP) is 4.88. The van der Waals surface area contributed by atoms with E-state index in [9.17, 15) is 4.79 Å². The van der Waals surface area contributed by atoms with Crippen molar-refractivity contribution in [3.05, 3.63) is 89.5 Å². The third-order valence-electron chi connectivity index (χ3n) is 5.19. The molecule has 0 N–H and O–H groups in total. The summed E-state index contributed by atoms with van der Waals surface area (Å²) in [6.07, 6.45) is 0. The van der Waals surface area contributed by atoms with Crippen LogP contribution >= 0.6 is 11.8 Å². The highest BCUT2D eigenvalue weighted by molar-refractivity contribution is 7.99. The van der Waals surface area contributed by atoms with Gasteiger partial charge in [-0.3, -0.25) is 4.79 Å². The van der Waals surface area contributed by atoms with Crippen LogP contribution in [0, 0.1) is 0 Å². The van der Waals surface area contributed by atoms with Gasteiger partial charge < -0.3 is 19.1 Å². The number of para-hydroxylation sites is 1. The van der Waals surface area contributed by atoms with Gasteiger partial charge in [-0.2, -0.15) is 0 Å². The molecule has 6 heteroatoms. The quantitative estimate of drug-likeness (QED) is 0.590. The number of hydrogen-bond donors (Lipinski definition) is 0. The topological polar surface area (TPSA) is 48.0 Å². The zero-order valence-corrected chi connectivity index (χ0v) is 17.1. The number of amides is 1. The zero-order valence-electron chi connectivity index (χ0n) is 16.3. The van der Waals surface area contributed by atoms with Gasteiger partial charge in [-0.05, 0) is 29.8 Å². The molecular formula is C24H21NO4S. The lowest BCUT2D eigenvalue weighted by Gasteiger charge is -2.26. The predicted molar refractivity (Wildman–Crippen MR) is 116 cm³/mol. The summed E-state index contributed by atoms with van der Waals surface area (Å²) in [6.45, 7) is 1.38. The smallest absolute Gasteiger partial charge is 0.255 e. The van der Waals surface area contributed by atoms with Crippen LogP contribution in [0.15, 0.2) is 72.8 Å². The largest absolute Gasteiger partial charge is 0.489 e. The molecule has 0 spiro atoms. The molecule has 1 amide bonds. The minimum absolute atomic E-state index is 0.0128. The Morgan fingerprint density at radius 2 is 1.80 bits per heavy atom. The van der Waals surface area contributed by atoms with Crippen LogP contribution in [0.2, 0.25) is 0 Å². The van der Waals surface area contributed by atoms with Crippen molar-refractivity contribution in [3.63, 3.8) is 0 Å². The first-order valence-electron chi connectivity index (χ1n) is 9.87. The lowest BCUT2D eigenvalue weighted by molar-refractivity contribution is 0.0758. The Labute approximate surface area is 179 Å². The second kappa shape index (κ2) is 8.32. The Bertz CT molecular complexity index is 1060. The summed E-state index contributed by atoms with van der Waals surface area (Å²) in [4.78, 5) is 15.2. The highest BCUT2D eigenvalue weighted by Gasteiger charge is 2.33. The minimum atomic E-state index is -0.0881. The van der Waals surface area contributed by atoms with Crippen molar-refractivity contribution in [2.24, 2.45) is 0 Å². The van der Waals surface area contributed by atoms with Crippen LogP contribution in [0.4, 0.5) is 0 Å². The van der Waals surface area contributed by atoms with E-state index in [0.29, 0.717) is 30.2 Å². The first-order valence-corrected chi connectivity index (χ1v) is 10.9. The SMILES string of the molecule is O=C(c1ccc2c(c1)OCO2)N1CCSC1c1ccccc1OCc1ccccc1. The third kappa shape index (κ3) is 3.71. The zero-order chi connectivity index (χ0) is 20.3. The summed E-state index contributed by atoms with van der Waals surface area (Å²) in [7, 11) is 0. The Morgan fingerprint density at radius 1 is 1.00 bits per heavy atom. The molecular weight excluding hydrogens is 398 g/mol. The normalized spacial score (nSPS) is 17.2. The van der Waals surface area contributed by atoms with Gasteiger partial charge in [0, 0.05) is 23.4 Å². The second-order valence-corrected chi connectivity index (χ2v) is 8.29. The van der Waals surface area contributed by atoms with Gasteiger partial charge in [0.1, 0.15) is 17.7 Å². The second-order valence-electron chi connectivity index (χ2n) is 7.10. The van der Waals surface area contributed by atoms with Gasteiger partial charge in [-0.1, -0.05) is 48.5 Å². The molecule has 2 aliphatic heterocycles. The number of nitrogens with zero attached hydrogens (tertiary/aromatic N) is 1. The number of carbonyl (C=O) groups excluding carboxylic acids is 1.